The molecular weight excluding hydrogens is 251 g/mol. The van der Waals surface area contributed by atoms with E-state index >= 15 is 0 Å². The zero-order valence-electron chi connectivity index (χ0n) is 10.3. The summed E-state index contributed by atoms with van der Waals surface area (Å²) in [5.74, 6) is -0.177. The number of hydrogen-bond acceptors (Lipinski definition) is 1. The fraction of sp³-hybridized carbons (Fsp3) is 0.357. The van der Waals surface area contributed by atoms with Gasteiger partial charge in [0.15, 0.2) is 0 Å². The van der Waals surface area contributed by atoms with E-state index in [1.54, 1.807) is 12.1 Å². The van der Waals surface area contributed by atoms with E-state index in [0.717, 1.165) is 17.7 Å². The molecule has 1 heterocycles. The number of nitrogens with one attached hydrogen (secondary N) is 1. The van der Waals surface area contributed by atoms with Crippen LogP contribution in [-0.4, -0.2) is 10.2 Å². The summed E-state index contributed by atoms with van der Waals surface area (Å²) in [6.45, 7) is 4.30. The number of fused-ring (bicyclic) bond motifs is 1. The van der Waals surface area contributed by atoms with Crippen LogP contribution in [0.1, 0.15) is 43.0 Å². The molecule has 94 valence electrons. The first kappa shape index (κ1) is 11.7. The van der Waals surface area contributed by atoms with E-state index in [2.05, 4.69) is 24.0 Å². The Kier molecular flexibility index (Phi) is 2.49. The summed E-state index contributed by atoms with van der Waals surface area (Å²) in [7, 11) is 0. The summed E-state index contributed by atoms with van der Waals surface area (Å²) in [6.07, 6.45) is 2.69. The van der Waals surface area contributed by atoms with Crippen molar-refractivity contribution in [1.82, 2.24) is 10.2 Å². The van der Waals surface area contributed by atoms with E-state index in [1.807, 2.05) is 6.20 Å². The predicted molar refractivity (Wildman–Crippen MR) is 69.5 cm³/mol. The maximum Gasteiger partial charge on any atom is 0.128 e. The van der Waals surface area contributed by atoms with Crippen molar-refractivity contribution in [1.29, 1.82) is 0 Å². The molecule has 2 aromatic rings. The van der Waals surface area contributed by atoms with Crippen LogP contribution in [0.2, 0.25) is 5.02 Å². The molecule has 0 spiro atoms. The second-order valence-corrected chi connectivity index (χ2v) is 5.94. The molecule has 0 saturated heterocycles. The fourth-order valence-corrected chi connectivity index (χ4v) is 3.04. The summed E-state index contributed by atoms with van der Waals surface area (Å²) >= 11 is 5.80. The zero-order chi connectivity index (χ0) is 12.9. The quantitative estimate of drug-likeness (QED) is 0.828. The van der Waals surface area contributed by atoms with Crippen molar-refractivity contribution in [3.63, 3.8) is 0 Å². The monoisotopic (exact) mass is 264 g/mol. The van der Waals surface area contributed by atoms with E-state index in [0.29, 0.717) is 10.6 Å². The summed E-state index contributed by atoms with van der Waals surface area (Å²) in [4.78, 5) is 0. The van der Waals surface area contributed by atoms with Crippen LogP contribution in [0.25, 0.3) is 0 Å². The minimum atomic E-state index is -0.239. The maximum atomic E-state index is 14.0. The van der Waals surface area contributed by atoms with Crippen LogP contribution in [0.3, 0.4) is 0 Å². The van der Waals surface area contributed by atoms with Gasteiger partial charge in [-0.05, 0) is 24.1 Å². The Bertz CT molecular complexity index is 604. The lowest BCUT2D eigenvalue weighted by Gasteiger charge is -2.19. The summed E-state index contributed by atoms with van der Waals surface area (Å²) in [5.41, 5.74) is 2.92. The van der Waals surface area contributed by atoms with E-state index in [9.17, 15) is 4.39 Å². The lowest BCUT2D eigenvalue weighted by atomic mass is 9.86. The SMILES string of the molecule is CC1(C)CC(c2ccc(Cl)cc2F)c2cn[nH]c21. The van der Waals surface area contributed by atoms with E-state index in [4.69, 9.17) is 11.6 Å². The molecule has 1 aliphatic rings. The Hall–Kier alpha value is -1.35. The standard InChI is InChI=1S/C14H14ClFN2/c1-14(2)6-10(11-7-17-18-13(11)14)9-4-3-8(15)5-12(9)16/h3-5,7,10H,6H2,1-2H3,(H,17,18). The first-order valence-electron chi connectivity index (χ1n) is 5.98. The molecule has 0 saturated carbocycles. The van der Waals surface area contributed by atoms with Crippen LogP contribution in [0, 0.1) is 5.82 Å². The van der Waals surface area contributed by atoms with Crippen molar-refractivity contribution in [2.24, 2.45) is 0 Å². The molecule has 1 unspecified atom stereocenters. The molecule has 4 heteroatoms. The Balaban J connectivity index is 2.10. The van der Waals surface area contributed by atoms with Crippen molar-refractivity contribution in [3.05, 3.63) is 52.1 Å². The fourth-order valence-electron chi connectivity index (χ4n) is 2.89. The molecular formula is C14H14ClFN2. The Morgan fingerprint density at radius 2 is 2.17 bits per heavy atom. The van der Waals surface area contributed by atoms with E-state index in [-0.39, 0.29) is 17.2 Å². The Morgan fingerprint density at radius 1 is 1.39 bits per heavy atom. The number of nitrogens with zero attached hydrogens (tertiary/aromatic N) is 1. The number of hydrogen-bond donors (Lipinski definition) is 1. The van der Waals surface area contributed by atoms with Gasteiger partial charge in [-0.25, -0.2) is 4.39 Å². The molecule has 0 bridgehead atoms. The molecule has 1 aromatic carbocycles. The third kappa shape index (κ3) is 1.65. The minimum Gasteiger partial charge on any atom is -0.282 e. The third-order valence-electron chi connectivity index (χ3n) is 3.77. The van der Waals surface area contributed by atoms with Crippen LogP contribution < -0.4 is 0 Å². The average molecular weight is 265 g/mol. The van der Waals surface area contributed by atoms with Crippen molar-refractivity contribution >= 4 is 11.6 Å². The van der Waals surface area contributed by atoms with Gasteiger partial charge in [0.25, 0.3) is 0 Å². The molecule has 18 heavy (non-hydrogen) atoms. The highest BCUT2D eigenvalue weighted by molar-refractivity contribution is 6.30. The first-order chi connectivity index (χ1) is 8.49. The second kappa shape index (κ2) is 3.82. The molecule has 0 radical (unpaired) electrons. The van der Waals surface area contributed by atoms with Crippen LogP contribution >= 0.6 is 11.6 Å². The van der Waals surface area contributed by atoms with Gasteiger partial charge in [-0.15, -0.1) is 0 Å². The van der Waals surface area contributed by atoms with Crippen LogP contribution in [-0.2, 0) is 5.41 Å². The van der Waals surface area contributed by atoms with Gasteiger partial charge in [0, 0.05) is 27.6 Å². The molecule has 1 aliphatic carbocycles. The van der Waals surface area contributed by atoms with Crippen LogP contribution in [0.4, 0.5) is 4.39 Å². The largest absolute Gasteiger partial charge is 0.282 e. The van der Waals surface area contributed by atoms with Crippen molar-refractivity contribution in [2.75, 3.05) is 0 Å². The second-order valence-electron chi connectivity index (χ2n) is 5.51. The van der Waals surface area contributed by atoms with Crippen molar-refractivity contribution < 1.29 is 4.39 Å². The van der Waals surface area contributed by atoms with Gasteiger partial charge in [0.2, 0.25) is 0 Å². The molecule has 1 aromatic heterocycles. The highest BCUT2D eigenvalue weighted by atomic mass is 35.5. The third-order valence-corrected chi connectivity index (χ3v) is 4.01. The van der Waals surface area contributed by atoms with Crippen molar-refractivity contribution in [2.45, 2.75) is 31.6 Å². The molecule has 0 aliphatic heterocycles. The smallest absolute Gasteiger partial charge is 0.128 e. The normalized spacial score (nSPS) is 21.0. The van der Waals surface area contributed by atoms with Gasteiger partial charge in [-0.3, -0.25) is 5.10 Å². The predicted octanol–water partition coefficient (Wildman–Crippen LogP) is 4.02. The van der Waals surface area contributed by atoms with Gasteiger partial charge >= 0.3 is 0 Å². The lowest BCUT2D eigenvalue weighted by Crippen LogP contribution is -2.14. The number of aromatic amines is 1. The van der Waals surface area contributed by atoms with Gasteiger partial charge in [0.1, 0.15) is 5.82 Å². The van der Waals surface area contributed by atoms with E-state index < -0.39 is 0 Å². The Morgan fingerprint density at radius 3 is 2.89 bits per heavy atom. The van der Waals surface area contributed by atoms with Gasteiger partial charge < -0.3 is 0 Å². The summed E-state index contributed by atoms with van der Waals surface area (Å²) < 4.78 is 14.0. The number of aromatic nitrogens is 2. The average Bonchev–Trinajstić information content (AvgIpc) is 2.83. The molecule has 1 atom stereocenters. The minimum absolute atomic E-state index is 0.00256. The zero-order valence-corrected chi connectivity index (χ0v) is 11.1. The molecule has 0 fully saturated rings. The van der Waals surface area contributed by atoms with E-state index in [1.165, 1.54) is 6.07 Å². The molecule has 0 amide bonds. The molecule has 1 N–H and O–H groups in total. The molecule has 3 rings (SSSR count). The lowest BCUT2D eigenvalue weighted by molar-refractivity contribution is 0.475. The number of H-pyrrole nitrogens is 1. The summed E-state index contributed by atoms with van der Waals surface area (Å²) in [5, 5.41) is 7.56. The topological polar surface area (TPSA) is 28.7 Å². The number of rotatable bonds is 1. The highest BCUT2D eigenvalue weighted by Gasteiger charge is 2.40. The summed E-state index contributed by atoms with van der Waals surface area (Å²) in [6, 6.07) is 4.90. The number of halogens is 2. The van der Waals surface area contributed by atoms with Gasteiger partial charge in [0.05, 0.1) is 6.20 Å². The maximum absolute atomic E-state index is 14.0. The van der Waals surface area contributed by atoms with Gasteiger partial charge in [-0.1, -0.05) is 31.5 Å². The first-order valence-corrected chi connectivity index (χ1v) is 6.35. The van der Waals surface area contributed by atoms with Crippen LogP contribution in [0.5, 0.6) is 0 Å². The van der Waals surface area contributed by atoms with Gasteiger partial charge in [-0.2, -0.15) is 5.10 Å². The number of benzene rings is 1. The molecule has 2 nitrogen and oxygen atoms in total. The van der Waals surface area contributed by atoms with Crippen LogP contribution in [0.15, 0.2) is 24.4 Å². The van der Waals surface area contributed by atoms with Crippen molar-refractivity contribution in [3.8, 4) is 0 Å². The highest BCUT2D eigenvalue weighted by Crippen LogP contribution is 2.48. The Labute approximate surface area is 110 Å².